The van der Waals surface area contributed by atoms with Gasteiger partial charge in [0.1, 0.15) is 6.04 Å². The van der Waals surface area contributed by atoms with E-state index in [0.29, 0.717) is 0 Å². The first-order valence-corrected chi connectivity index (χ1v) is 12.0. The van der Waals surface area contributed by atoms with Crippen molar-refractivity contribution >= 4 is 58.4 Å². The zero-order valence-electron chi connectivity index (χ0n) is 19.9. The Morgan fingerprint density at radius 2 is 1.49 bits per heavy atom. The molecule has 0 spiro atoms. The van der Waals surface area contributed by atoms with Crippen LogP contribution in [0.1, 0.15) is 43.6 Å². The number of carboxylic acids is 1. The first-order chi connectivity index (χ1) is 16.4. The summed E-state index contributed by atoms with van der Waals surface area (Å²) in [6, 6.07) is 14.9. The molecule has 6 nitrogen and oxygen atoms in total. The van der Waals surface area contributed by atoms with Crippen molar-refractivity contribution in [2.24, 2.45) is 0 Å². The normalized spacial score (nSPS) is 17.4. The third kappa shape index (κ3) is 4.91. The molecule has 0 aromatic heterocycles. The minimum Gasteiger partial charge on any atom is -0.480 e. The molecule has 3 aromatic rings. The van der Waals surface area contributed by atoms with Crippen LogP contribution in [0.5, 0.6) is 0 Å². The van der Waals surface area contributed by atoms with E-state index < -0.39 is 36.2 Å². The van der Waals surface area contributed by atoms with Gasteiger partial charge < -0.3 is 19.7 Å². The molecular weight excluding hydrogens is 488 g/mol. The molecule has 35 heavy (non-hydrogen) atoms. The van der Waals surface area contributed by atoms with Crippen LogP contribution in [0.4, 0.5) is 0 Å². The van der Waals surface area contributed by atoms with Gasteiger partial charge in [0, 0.05) is 6.42 Å². The number of hydrogen-bond donors (Lipinski definition) is 2. The molecule has 1 atom stereocenters. The maximum Gasteiger partial charge on any atom is 0.495 e. The van der Waals surface area contributed by atoms with Gasteiger partial charge in [-0.05, 0) is 61.6 Å². The summed E-state index contributed by atoms with van der Waals surface area (Å²) in [6.07, 6.45) is 0.0628. The van der Waals surface area contributed by atoms with Gasteiger partial charge in [0.05, 0.1) is 26.8 Å². The highest BCUT2D eigenvalue weighted by molar-refractivity contribution is 6.65. The second-order valence-corrected chi connectivity index (χ2v) is 10.4. The molecule has 0 bridgehead atoms. The number of halogens is 2. The molecule has 1 amide bonds. The summed E-state index contributed by atoms with van der Waals surface area (Å²) in [6.45, 7) is 7.98. The van der Waals surface area contributed by atoms with Crippen LogP contribution in [0.2, 0.25) is 10.0 Å². The Kier molecular flexibility index (Phi) is 6.90. The highest BCUT2D eigenvalue weighted by atomic mass is 35.5. The minimum absolute atomic E-state index is 0.0445. The summed E-state index contributed by atoms with van der Waals surface area (Å²) in [5.41, 5.74) is 0.690. The van der Waals surface area contributed by atoms with Gasteiger partial charge in [-0.2, -0.15) is 0 Å². The maximum absolute atomic E-state index is 12.8. The number of carbonyl (C=O) groups excluding carboxylic acids is 1. The summed E-state index contributed by atoms with van der Waals surface area (Å²) >= 11 is 12.3. The van der Waals surface area contributed by atoms with Crippen LogP contribution in [0.25, 0.3) is 10.8 Å². The maximum atomic E-state index is 12.8. The van der Waals surface area contributed by atoms with E-state index in [0.717, 1.165) is 21.8 Å². The number of rotatable bonds is 6. The molecule has 1 heterocycles. The number of carboxylic acid groups (broad SMARTS) is 1. The standard InChI is InChI=1S/C26H26BCl2NO5/c1-25(2)26(3,4)35-27(34-25)18-13-12-15(16-8-5-6-9-17(16)18)14-21(24(32)33)30-23(31)22-19(28)10-7-11-20(22)29/h5-13,21H,14H2,1-4H3,(H,30,31)(H,32,33). The summed E-state index contributed by atoms with van der Waals surface area (Å²) in [5, 5.41) is 14.5. The molecule has 9 heteroatoms. The van der Waals surface area contributed by atoms with Gasteiger partial charge >= 0.3 is 13.1 Å². The molecule has 1 aliphatic heterocycles. The van der Waals surface area contributed by atoms with Crippen LogP contribution >= 0.6 is 23.2 Å². The Labute approximate surface area is 214 Å². The fraction of sp³-hybridized carbons (Fsp3) is 0.308. The summed E-state index contributed by atoms with van der Waals surface area (Å²) < 4.78 is 12.5. The monoisotopic (exact) mass is 513 g/mol. The third-order valence-corrected chi connectivity index (χ3v) is 7.40. The quantitative estimate of drug-likeness (QED) is 0.459. The van der Waals surface area contributed by atoms with Crippen molar-refractivity contribution < 1.29 is 24.0 Å². The number of carbonyl (C=O) groups is 2. The summed E-state index contributed by atoms with van der Waals surface area (Å²) in [7, 11) is -0.559. The molecule has 0 radical (unpaired) electrons. The molecule has 3 aromatic carbocycles. The van der Waals surface area contributed by atoms with Crippen LogP contribution in [-0.2, 0) is 20.5 Å². The Morgan fingerprint density at radius 1 is 0.914 bits per heavy atom. The van der Waals surface area contributed by atoms with Crippen LogP contribution < -0.4 is 10.8 Å². The molecular formula is C26H26BCl2NO5. The largest absolute Gasteiger partial charge is 0.495 e. The van der Waals surface area contributed by atoms with E-state index in [1.54, 1.807) is 6.07 Å². The Balaban J connectivity index is 1.65. The average Bonchev–Trinajstić information content (AvgIpc) is 2.99. The number of nitrogens with one attached hydrogen (secondary N) is 1. The zero-order chi connectivity index (χ0) is 25.5. The fourth-order valence-electron chi connectivity index (χ4n) is 4.10. The first-order valence-electron chi connectivity index (χ1n) is 11.2. The SMILES string of the molecule is CC1(C)OB(c2ccc(CC(NC(=O)c3c(Cl)cccc3Cl)C(=O)O)c3ccccc23)OC1(C)C. The first kappa shape index (κ1) is 25.5. The van der Waals surface area contributed by atoms with Crippen molar-refractivity contribution in [3.8, 4) is 0 Å². The molecule has 0 saturated carbocycles. The number of amides is 1. The van der Waals surface area contributed by atoms with Crippen molar-refractivity contribution in [3.63, 3.8) is 0 Å². The van der Waals surface area contributed by atoms with E-state index in [4.69, 9.17) is 32.5 Å². The molecule has 2 N–H and O–H groups in total. The Morgan fingerprint density at radius 3 is 2.06 bits per heavy atom. The van der Waals surface area contributed by atoms with Gasteiger partial charge in [0.15, 0.2) is 0 Å². The van der Waals surface area contributed by atoms with Crippen molar-refractivity contribution in [3.05, 3.63) is 75.8 Å². The van der Waals surface area contributed by atoms with E-state index in [9.17, 15) is 14.7 Å². The van der Waals surface area contributed by atoms with Gasteiger partial charge in [-0.25, -0.2) is 4.79 Å². The topological polar surface area (TPSA) is 84.9 Å². The molecule has 0 aliphatic carbocycles. The molecule has 1 saturated heterocycles. The minimum atomic E-state index is -1.19. The van der Waals surface area contributed by atoms with Gasteiger partial charge in [-0.15, -0.1) is 0 Å². The molecule has 1 fully saturated rings. The van der Waals surface area contributed by atoms with E-state index in [-0.39, 0.29) is 22.0 Å². The number of fused-ring (bicyclic) bond motifs is 1. The molecule has 182 valence electrons. The second kappa shape index (κ2) is 9.47. The average molecular weight is 514 g/mol. The molecule has 1 aliphatic rings. The van der Waals surface area contributed by atoms with Gasteiger partial charge in [0.2, 0.25) is 0 Å². The van der Waals surface area contributed by atoms with Crippen LogP contribution in [0.3, 0.4) is 0 Å². The molecule has 4 rings (SSSR count). The predicted molar refractivity (Wildman–Crippen MR) is 139 cm³/mol. The van der Waals surface area contributed by atoms with E-state index in [2.05, 4.69) is 5.32 Å². The van der Waals surface area contributed by atoms with E-state index >= 15 is 0 Å². The number of hydrogen-bond acceptors (Lipinski definition) is 4. The van der Waals surface area contributed by atoms with Gasteiger partial charge in [-0.3, -0.25) is 4.79 Å². The third-order valence-electron chi connectivity index (χ3n) is 6.77. The fourth-order valence-corrected chi connectivity index (χ4v) is 4.67. The smallest absolute Gasteiger partial charge is 0.480 e. The van der Waals surface area contributed by atoms with Crippen molar-refractivity contribution in [1.82, 2.24) is 5.32 Å². The van der Waals surface area contributed by atoms with Crippen molar-refractivity contribution in [1.29, 1.82) is 0 Å². The van der Waals surface area contributed by atoms with E-state index in [1.807, 2.05) is 64.1 Å². The van der Waals surface area contributed by atoms with Crippen molar-refractivity contribution in [2.45, 2.75) is 51.4 Å². The summed E-state index contributed by atoms with van der Waals surface area (Å²) in [5.74, 6) is -1.81. The van der Waals surface area contributed by atoms with E-state index in [1.165, 1.54) is 12.1 Å². The lowest BCUT2D eigenvalue weighted by molar-refractivity contribution is -0.139. The van der Waals surface area contributed by atoms with Gasteiger partial charge in [-0.1, -0.05) is 65.7 Å². The second-order valence-electron chi connectivity index (χ2n) is 9.61. The van der Waals surface area contributed by atoms with Crippen molar-refractivity contribution in [2.75, 3.05) is 0 Å². The lowest BCUT2D eigenvalue weighted by Gasteiger charge is -2.32. The van der Waals surface area contributed by atoms with Crippen LogP contribution in [-0.4, -0.2) is 41.3 Å². The lowest BCUT2D eigenvalue weighted by Crippen LogP contribution is -2.42. The van der Waals surface area contributed by atoms with Crippen LogP contribution in [0, 0.1) is 0 Å². The zero-order valence-corrected chi connectivity index (χ0v) is 21.4. The molecule has 1 unspecified atom stereocenters. The van der Waals surface area contributed by atoms with Gasteiger partial charge in [0.25, 0.3) is 5.91 Å². The highest BCUT2D eigenvalue weighted by Crippen LogP contribution is 2.37. The highest BCUT2D eigenvalue weighted by Gasteiger charge is 2.52. The Hall–Kier alpha value is -2.58. The summed E-state index contributed by atoms with van der Waals surface area (Å²) in [4.78, 5) is 24.9. The lowest BCUT2D eigenvalue weighted by atomic mass is 9.75. The Bertz CT molecular complexity index is 1270. The van der Waals surface area contributed by atoms with Crippen LogP contribution in [0.15, 0.2) is 54.6 Å². The number of benzene rings is 3. The predicted octanol–water partition coefficient (Wildman–Crippen LogP) is 4.87. The number of aliphatic carboxylic acids is 1.